The highest BCUT2D eigenvalue weighted by molar-refractivity contribution is 7.80. The van der Waals surface area contributed by atoms with Gasteiger partial charge in [0.1, 0.15) is 6.04 Å². The molecule has 2 amide bonds. The van der Waals surface area contributed by atoms with E-state index in [1.165, 1.54) is 6.92 Å². The third-order valence-corrected chi connectivity index (χ3v) is 4.25. The van der Waals surface area contributed by atoms with Gasteiger partial charge in [0.15, 0.2) is 0 Å². The van der Waals surface area contributed by atoms with Gasteiger partial charge in [0.25, 0.3) is 0 Å². The van der Waals surface area contributed by atoms with Gasteiger partial charge in [0.2, 0.25) is 11.8 Å². The molecular weight excluding hydrogens is 260 g/mol. The number of amides is 2. The zero-order chi connectivity index (χ0) is 14.6. The fourth-order valence-electron chi connectivity index (χ4n) is 2.62. The molecule has 1 N–H and O–H groups in total. The first-order valence-electron chi connectivity index (χ1n) is 6.92. The van der Waals surface area contributed by atoms with Crippen LogP contribution in [0.15, 0.2) is 0 Å². The monoisotopic (exact) mass is 286 g/mol. The number of rotatable bonds is 3. The normalized spacial score (nSPS) is 19.1. The molecule has 1 aliphatic heterocycles. The Labute approximate surface area is 121 Å². The molecule has 0 bridgehead atoms. The van der Waals surface area contributed by atoms with Crippen molar-refractivity contribution in [1.29, 1.82) is 0 Å². The van der Waals surface area contributed by atoms with E-state index in [2.05, 4.69) is 38.7 Å². The molecule has 0 radical (unpaired) electrons. The van der Waals surface area contributed by atoms with E-state index in [0.29, 0.717) is 17.1 Å². The largest absolute Gasteiger partial charge is 0.344 e. The molecule has 0 aromatic carbocycles. The summed E-state index contributed by atoms with van der Waals surface area (Å²) < 4.78 is 0. The molecule has 0 aromatic heterocycles. The second-order valence-corrected chi connectivity index (χ2v) is 6.77. The van der Waals surface area contributed by atoms with Crippen molar-refractivity contribution in [2.75, 3.05) is 18.8 Å². The Hall–Kier alpha value is -0.710. The average Bonchev–Trinajstić information content (AvgIpc) is 2.34. The second-order valence-electron chi connectivity index (χ2n) is 6.40. The predicted molar refractivity (Wildman–Crippen MR) is 80.2 cm³/mol. The van der Waals surface area contributed by atoms with Gasteiger partial charge in [0.05, 0.1) is 0 Å². The lowest BCUT2D eigenvalue weighted by atomic mass is 9.75. The molecule has 0 aliphatic carbocycles. The summed E-state index contributed by atoms with van der Waals surface area (Å²) in [5.74, 6) is 0.818. The van der Waals surface area contributed by atoms with Gasteiger partial charge in [-0.15, -0.1) is 0 Å². The lowest BCUT2D eigenvalue weighted by Crippen LogP contribution is -2.51. The molecule has 1 unspecified atom stereocenters. The van der Waals surface area contributed by atoms with Crippen molar-refractivity contribution in [3.63, 3.8) is 0 Å². The minimum absolute atomic E-state index is 0.00226. The number of carbonyl (C=O) groups is 2. The van der Waals surface area contributed by atoms with Crippen LogP contribution in [-0.4, -0.2) is 41.6 Å². The summed E-state index contributed by atoms with van der Waals surface area (Å²) >= 11 is 4.15. The van der Waals surface area contributed by atoms with Crippen LogP contribution in [0.1, 0.15) is 40.5 Å². The van der Waals surface area contributed by atoms with Crippen LogP contribution in [-0.2, 0) is 9.59 Å². The summed E-state index contributed by atoms with van der Waals surface area (Å²) in [5.41, 5.74) is 0.301. The number of likely N-dealkylation sites (tertiary alicyclic amines) is 1. The van der Waals surface area contributed by atoms with Crippen molar-refractivity contribution in [2.24, 2.45) is 11.3 Å². The summed E-state index contributed by atoms with van der Waals surface area (Å²) in [7, 11) is 0. The maximum atomic E-state index is 12.3. The van der Waals surface area contributed by atoms with Gasteiger partial charge in [-0.25, -0.2) is 0 Å². The van der Waals surface area contributed by atoms with E-state index in [0.717, 1.165) is 25.9 Å². The summed E-state index contributed by atoms with van der Waals surface area (Å²) in [4.78, 5) is 25.2. The highest BCUT2D eigenvalue weighted by atomic mass is 32.1. The molecule has 1 rings (SSSR count). The van der Waals surface area contributed by atoms with Crippen molar-refractivity contribution < 1.29 is 9.59 Å². The van der Waals surface area contributed by atoms with E-state index in [1.807, 2.05) is 4.90 Å². The van der Waals surface area contributed by atoms with E-state index in [9.17, 15) is 9.59 Å². The summed E-state index contributed by atoms with van der Waals surface area (Å²) in [6.45, 7) is 9.75. The summed E-state index contributed by atoms with van der Waals surface area (Å²) in [5, 5.41) is 2.66. The summed E-state index contributed by atoms with van der Waals surface area (Å²) in [6, 6.07) is -0.493. The van der Waals surface area contributed by atoms with Crippen LogP contribution in [0.5, 0.6) is 0 Å². The Kier molecular flexibility index (Phi) is 5.71. The Morgan fingerprint density at radius 1 is 1.32 bits per heavy atom. The maximum absolute atomic E-state index is 12.3. The topological polar surface area (TPSA) is 49.4 Å². The van der Waals surface area contributed by atoms with E-state index < -0.39 is 6.04 Å². The van der Waals surface area contributed by atoms with Crippen molar-refractivity contribution in [1.82, 2.24) is 10.2 Å². The van der Waals surface area contributed by atoms with Crippen molar-refractivity contribution in [2.45, 2.75) is 46.6 Å². The molecule has 5 heteroatoms. The van der Waals surface area contributed by atoms with Crippen molar-refractivity contribution >= 4 is 24.4 Å². The number of thiol groups is 1. The van der Waals surface area contributed by atoms with Crippen LogP contribution < -0.4 is 5.32 Å². The SMILES string of the molecule is CC(=O)NC(CS)C(=O)N1CCC(C(C)(C)C)CC1. The van der Waals surface area contributed by atoms with Crippen molar-refractivity contribution in [3.8, 4) is 0 Å². The fraction of sp³-hybridized carbons (Fsp3) is 0.857. The molecule has 0 spiro atoms. The first kappa shape index (κ1) is 16.3. The third-order valence-electron chi connectivity index (χ3n) is 3.89. The quantitative estimate of drug-likeness (QED) is 0.776. The van der Waals surface area contributed by atoms with E-state index >= 15 is 0 Å². The molecule has 1 atom stereocenters. The van der Waals surface area contributed by atoms with Crippen molar-refractivity contribution in [3.05, 3.63) is 0 Å². The Balaban J connectivity index is 2.54. The number of carbonyl (C=O) groups excluding carboxylic acids is 2. The van der Waals surface area contributed by atoms with Gasteiger partial charge < -0.3 is 10.2 Å². The lowest BCUT2D eigenvalue weighted by Gasteiger charge is -2.39. The van der Waals surface area contributed by atoms with Gasteiger partial charge in [-0.3, -0.25) is 9.59 Å². The third kappa shape index (κ3) is 4.71. The van der Waals surface area contributed by atoms with Gasteiger partial charge >= 0.3 is 0 Å². The first-order valence-corrected chi connectivity index (χ1v) is 7.55. The first-order chi connectivity index (χ1) is 8.75. The smallest absolute Gasteiger partial charge is 0.245 e. The molecule has 0 aromatic rings. The van der Waals surface area contributed by atoms with Crippen LogP contribution in [0.2, 0.25) is 0 Å². The predicted octanol–water partition coefficient (Wildman–Crippen LogP) is 1.71. The molecular formula is C14H26N2O2S. The molecule has 1 heterocycles. The van der Waals surface area contributed by atoms with Gasteiger partial charge in [0, 0.05) is 25.8 Å². The highest BCUT2D eigenvalue weighted by Crippen LogP contribution is 2.34. The van der Waals surface area contributed by atoms with Crippen LogP contribution in [0.4, 0.5) is 0 Å². The number of nitrogens with one attached hydrogen (secondary N) is 1. The number of nitrogens with zero attached hydrogens (tertiary/aromatic N) is 1. The van der Waals surface area contributed by atoms with E-state index in [4.69, 9.17) is 0 Å². The molecule has 19 heavy (non-hydrogen) atoms. The number of hydrogen-bond acceptors (Lipinski definition) is 3. The average molecular weight is 286 g/mol. The minimum Gasteiger partial charge on any atom is -0.344 e. The number of hydrogen-bond donors (Lipinski definition) is 2. The molecule has 1 fully saturated rings. The molecule has 110 valence electrons. The minimum atomic E-state index is -0.493. The molecule has 0 saturated carbocycles. The van der Waals surface area contributed by atoms with Gasteiger partial charge in [-0.2, -0.15) is 12.6 Å². The Morgan fingerprint density at radius 2 is 1.84 bits per heavy atom. The summed E-state index contributed by atoms with van der Waals surface area (Å²) in [6.07, 6.45) is 2.07. The second kappa shape index (κ2) is 6.64. The Bertz CT molecular complexity index is 331. The van der Waals surface area contributed by atoms with Gasteiger partial charge in [-0.05, 0) is 24.2 Å². The zero-order valence-electron chi connectivity index (χ0n) is 12.4. The fourth-order valence-corrected chi connectivity index (χ4v) is 2.86. The zero-order valence-corrected chi connectivity index (χ0v) is 13.3. The maximum Gasteiger partial charge on any atom is 0.245 e. The highest BCUT2D eigenvalue weighted by Gasteiger charge is 2.32. The molecule has 1 saturated heterocycles. The van der Waals surface area contributed by atoms with E-state index in [1.54, 1.807) is 0 Å². The van der Waals surface area contributed by atoms with Gasteiger partial charge in [-0.1, -0.05) is 20.8 Å². The standard InChI is InChI=1S/C14H26N2O2S/c1-10(17)15-12(9-19)13(18)16-7-5-11(6-8-16)14(2,3)4/h11-12,19H,5-9H2,1-4H3,(H,15,17). The van der Waals surface area contributed by atoms with Crippen LogP contribution >= 0.6 is 12.6 Å². The van der Waals surface area contributed by atoms with Crippen LogP contribution in [0.25, 0.3) is 0 Å². The van der Waals surface area contributed by atoms with E-state index in [-0.39, 0.29) is 11.8 Å². The number of piperidine rings is 1. The van der Waals surface area contributed by atoms with Crippen LogP contribution in [0, 0.1) is 11.3 Å². The lowest BCUT2D eigenvalue weighted by molar-refractivity contribution is -0.137. The van der Waals surface area contributed by atoms with Crippen LogP contribution in [0.3, 0.4) is 0 Å². The molecule has 1 aliphatic rings. The molecule has 4 nitrogen and oxygen atoms in total. The Morgan fingerprint density at radius 3 is 2.21 bits per heavy atom.